The van der Waals surface area contributed by atoms with Gasteiger partial charge in [-0.05, 0) is 24.1 Å². The van der Waals surface area contributed by atoms with Gasteiger partial charge in [0, 0.05) is 37.1 Å². The van der Waals surface area contributed by atoms with Crippen LogP contribution in [0.1, 0.15) is 28.0 Å². The van der Waals surface area contributed by atoms with Crippen LogP contribution in [0.3, 0.4) is 0 Å². The Morgan fingerprint density at radius 2 is 2.12 bits per heavy atom. The molecule has 25 heavy (non-hydrogen) atoms. The van der Waals surface area contributed by atoms with Crippen molar-refractivity contribution >= 4 is 23.4 Å². The lowest BCUT2D eigenvalue weighted by molar-refractivity contribution is -0.0126. The maximum absolute atomic E-state index is 13.6. The Morgan fingerprint density at radius 3 is 2.88 bits per heavy atom. The summed E-state index contributed by atoms with van der Waals surface area (Å²) in [7, 11) is 0. The molecule has 3 aromatic rings. The standard InChI is InChI=1S/C17H12ClF2N3O2/c18-12-2-4-21-15(11(12)9-24)23-6-5-22-13-1-3-17(19,20)8-10(13)7-14(22)16(23)25/h2,4-7,9H,1,3,8H2. The molecule has 0 aromatic carbocycles. The highest BCUT2D eigenvalue weighted by Crippen LogP contribution is 2.34. The molecule has 1 aliphatic carbocycles. The first-order valence-corrected chi connectivity index (χ1v) is 8.01. The molecule has 128 valence electrons. The number of rotatable bonds is 2. The van der Waals surface area contributed by atoms with Gasteiger partial charge in [0.1, 0.15) is 5.52 Å². The zero-order valence-corrected chi connectivity index (χ0v) is 13.6. The smallest absolute Gasteiger partial charge is 0.280 e. The second-order valence-electron chi connectivity index (χ2n) is 6.03. The van der Waals surface area contributed by atoms with E-state index in [0.717, 1.165) is 5.69 Å². The first kappa shape index (κ1) is 16.0. The Balaban J connectivity index is 1.95. The number of nitrogens with zero attached hydrogens (tertiary/aromatic N) is 3. The number of hydrogen-bond donors (Lipinski definition) is 0. The van der Waals surface area contributed by atoms with Crippen LogP contribution >= 0.6 is 11.6 Å². The van der Waals surface area contributed by atoms with Gasteiger partial charge in [-0.1, -0.05) is 11.6 Å². The van der Waals surface area contributed by atoms with Crippen molar-refractivity contribution in [3.63, 3.8) is 0 Å². The summed E-state index contributed by atoms with van der Waals surface area (Å²) in [6, 6.07) is 2.95. The lowest BCUT2D eigenvalue weighted by Gasteiger charge is -2.22. The third-order valence-corrected chi connectivity index (χ3v) is 4.80. The predicted molar refractivity (Wildman–Crippen MR) is 88.2 cm³/mol. The molecule has 5 nitrogen and oxygen atoms in total. The number of hydrogen-bond acceptors (Lipinski definition) is 3. The molecule has 0 spiro atoms. The highest BCUT2D eigenvalue weighted by molar-refractivity contribution is 6.33. The largest absolute Gasteiger partial charge is 0.314 e. The number of halogens is 3. The van der Waals surface area contributed by atoms with Crippen molar-refractivity contribution in [2.45, 2.75) is 25.2 Å². The van der Waals surface area contributed by atoms with Crippen molar-refractivity contribution in [2.24, 2.45) is 0 Å². The van der Waals surface area contributed by atoms with E-state index in [0.29, 0.717) is 11.8 Å². The molecule has 0 fully saturated rings. The van der Waals surface area contributed by atoms with Crippen molar-refractivity contribution in [3.8, 4) is 5.82 Å². The summed E-state index contributed by atoms with van der Waals surface area (Å²) in [4.78, 5) is 28.2. The molecule has 8 heteroatoms. The zero-order chi connectivity index (χ0) is 17.8. The second kappa shape index (κ2) is 5.49. The molecule has 0 saturated heterocycles. The van der Waals surface area contributed by atoms with Crippen molar-refractivity contribution in [1.82, 2.24) is 14.0 Å². The fourth-order valence-corrected chi connectivity index (χ4v) is 3.47. The van der Waals surface area contributed by atoms with E-state index in [-0.39, 0.29) is 41.2 Å². The van der Waals surface area contributed by atoms with Gasteiger partial charge >= 0.3 is 0 Å². The second-order valence-corrected chi connectivity index (χ2v) is 6.43. The number of aldehydes is 1. The average molecular weight is 364 g/mol. The van der Waals surface area contributed by atoms with E-state index in [1.165, 1.54) is 29.1 Å². The summed E-state index contributed by atoms with van der Waals surface area (Å²) < 4.78 is 30.1. The first-order chi connectivity index (χ1) is 11.9. The number of fused-ring (bicyclic) bond motifs is 3. The van der Waals surface area contributed by atoms with Gasteiger partial charge in [0.05, 0.1) is 10.6 Å². The van der Waals surface area contributed by atoms with Gasteiger partial charge in [0.15, 0.2) is 12.1 Å². The quantitative estimate of drug-likeness (QED) is 0.657. The summed E-state index contributed by atoms with van der Waals surface area (Å²) in [6.07, 6.45) is 4.61. The lowest BCUT2D eigenvalue weighted by Crippen LogP contribution is -2.26. The van der Waals surface area contributed by atoms with E-state index in [4.69, 9.17) is 11.6 Å². The maximum Gasteiger partial charge on any atom is 0.280 e. The van der Waals surface area contributed by atoms with Gasteiger partial charge in [-0.2, -0.15) is 0 Å². The van der Waals surface area contributed by atoms with Crippen LogP contribution in [0.15, 0.2) is 35.5 Å². The monoisotopic (exact) mass is 363 g/mol. The van der Waals surface area contributed by atoms with E-state index in [9.17, 15) is 18.4 Å². The van der Waals surface area contributed by atoms with Crippen LogP contribution < -0.4 is 5.56 Å². The number of aromatic nitrogens is 3. The fraction of sp³-hybridized carbons (Fsp3) is 0.235. The van der Waals surface area contributed by atoms with E-state index < -0.39 is 11.5 Å². The van der Waals surface area contributed by atoms with Crippen LogP contribution in [0.5, 0.6) is 0 Å². The van der Waals surface area contributed by atoms with Gasteiger partial charge in [0.25, 0.3) is 11.5 Å². The minimum Gasteiger partial charge on any atom is -0.314 e. The Kier molecular flexibility index (Phi) is 3.50. The molecule has 3 heterocycles. The minimum atomic E-state index is -2.75. The minimum absolute atomic E-state index is 0.0958. The molecular formula is C17H12ClF2N3O2. The Bertz CT molecular complexity index is 1070. The molecule has 0 unspecified atom stereocenters. The molecule has 1 aliphatic rings. The average Bonchev–Trinajstić information content (AvgIpc) is 2.92. The van der Waals surface area contributed by atoms with Crippen molar-refractivity contribution < 1.29 is 13.6 Å². The zero-order valence-electron chi connectivity index (χ0n) is 12.9. The van der Waals surface area contributed by atoms with Crippen LogP contribution in [-0.2, 0) is 12.8 Å². The summed E-state index contributed by atoms with van der Waals surface area (Å²) >= 11 is 5.99. The predicted octanol–water partition coefficient (Wildman–Crippen LogP) is 3.08. The normalized spacial score (nSPS) is 16.0. The Hall–Kier alpha value is -2.54. The third-order valence-electron chi connectivity index (χ3n) is 4.47. The van der Waals surface area contributed by atoms with Gasteiger partial charge < -0.3 is 4.40 Å². The van der Waals surface area contributed by atoms with E-state index >= 15 is 0 Å². The van der Waals surface area contributed by atoms with E-state index in [2.05, 4.69) is 4.98 Å². The van der Waals surface area contributed by atoms with Crippen LogP contribution in [0.2, 0.25) is 5.02 Å². The van der Waals surface area contributed by atoms with Crippen LogP contribution in [0.4, 0.5) is 8.78 Å². The maximum atomic E-state index is 13.6. The third kappa shape index (κ3) is 2.46. The Labute approximate surface area is 145 Å². The van der Waals surface area contributed by atoms with Crippen LogP contribution in [0, 0.1) is 0 Å². The number of carbonyl (C=O) groups excluding carboxylic acids is 1. The van der Waals surface area contributed by atoms with E-state index in [1.54, 1.807) is 10.6 Å². The number of aryl methyl sites for hydroxylation is 1. The molecule has 0 radical (unpaired) electrons. The molecule has 0 saturated carbocycles. The molecule has 0 amide bonds. The molecule has 0 N–H and O–H groups in total. The Morgan fingerprint density at radius 1 is 1.32 bits per heavy atom. The SMILES string of the molecule is O=Cc1c(Cl)ccnc1-n1ccn2c3c(cc2c1=O)CC(F)(F)CC3. The van der Waals surface area contributed by atoms with Gasteiger partial charge in [0.2, 0.25) is 0 Å². The van der Waals surface area contributed by atoms with Crippen LogP contribution in [0.25, 0.3) is 11.3 Å². The van der Waals surface area contributed by atoms with Gasteiger partial charge in [-0.25, -0.2) is 13.8 Å². The van der Waals surface area contributed by atoms with E-state index in [1.807, 2.05) is 0 Å². The summed E-state index contributed by atoms with van der Waals surface area (Å²) in [5.41, 5.74) is 1.11. The van der Waals surface area contributed by atoms with Gasteiger partial charge in [-0.3, -0.25) is 14.2 Å². The van der Waals surface area contributed by atoms with Crippen LogP contribution in [-0.4, -0.2) is 26.2 Å². The summed E-state index contributed by atoms with van der Waals surface area (Å²) in [6.45, 7) is 0. The number of alkyl halides is 2. The molecule has 0 bridgehead atoms. The first-order valence-electron chi connectivity index (χ1n) is 7.63. The van der Waals surface area contributed by atoms with Crippen molar-refractivity contribution in [1.29, 1.82) is 0 Å². The molecule has 0 atom stereocenters. The molecule has 3 aromatic heterocycles. The number of carbonyl (C=O) groups is 1. The molecular weight excluding hydrogens is 352 g/mol. The van der Waals surface area contributed by atoms with Crippen molar-refractivity contribution in [3.05, 3.63) is 62.9 Å². The molecule has 4 rings (SSSR count). The lowest BCUT2D eigenvalue weighted by atomic mass is 9.94. The topological polar surface area (TPSA) is 56.4 Å². The highest BCUT2D eigenvalue weighted by atomic mass is 35.5. The fourth-order valence-electron chi connectivity index (χ4n) is 3.29. The van der Waals surface area contributed by atoms with Gasteiger partial charge in [-0.15, -0.1) is 0 Å². The van der Waals surface area contributed by atoms with Crippen molar-refractivity contribution in [2.75, 3.05) is 0 Å². The summed E-state index contributed by atoms with van der Waals surface area (Å²) in [5, 5.41) is 0.182. The molecule has 0 aliphatic heterocycles. The highest BCUT2D eigenvalue weighted by Gasteiger charge is 2.35. The number of pyridine rings is 1. The summed E-state index contributed by atoms with van der Waals surface area (Å²) in [5.74, 6) is -2.64.